The Morgan fingerprint density at radius 1 is 1.25 bits per heavy atom. The van der Waals surface area contributed by atoms with Crippen molar-refractivity contribution in [3.8, 4) is 5.75 Å². The van der Waals surface area contributed by atoms with Crippen LogP contribution in [0.3, 0.4) is 0 Å². The van der Waals surface area contributed by atoms with Crippen molar-refractivity contribution in [2.24, 2.45) is 0 Å². The summed E-state index contributed by atoms with van der Waals surface area (Å²) in [4.78, 5) is 17.5. The van der Waals surface area contributed by atoms with Gasteiger partial charge in [-0.3, -0.25) is 4.79 Å². The number of carbonyl (C=O) groups is 1. The van der Waals surface area contributed by atoms with Gasteiger partial charge in [-0.25, -0.2) is 0 Å². The van der Waals surface area contributed by atoms with Gasteiger partial charge in [0.2, 0.25) is 5.91 Å². The first-order valence-corrected chi connectivity index (χ1v) is 11.1. The van der Waals surface area contributed by atoms with Gasteiger partial charge in [-0.15, -0.1) is 11.3 Å². The van der Waals surface area contributed by atoms with Gasteiger partial charge in [0.25, 0.3) is 0 Å². The van der Waals surface area contributed by atoms with Crippen LogP contribution in [0.4, 0.5) is 5.69 Å². The van der Waals surface area contributed by atoms with Crippen molar-refractivity contribution in [1.82, 2.24) is 5.32 Å². The van der Waals surface area contributed by atoms with E-state index in [2.05, 4.69) is 46.8 Å². The first-order chi connectivity index (χ1) is 13.6. The Kier molecular flexibility index (Phi) is 7.34. The van der Waals surface area contributed by atoms with E-state index in [4.69, 9.17) is 4.74 Å². The molecule has 1 amide bonds. The zero-order valence-electron chi connectivity index (χ0n) is 17.1. The highest BCUT2D eigenvalue weighted by Gasteiger charge is 2.34. The van der Waals surface area contributed by atoms with Gasteiger partial charge in [-0.1, -0.05) is 13.0 Å². The molecule has 6 heteroatoms. The van der Waals surface area contributed by atoms with Crippen molar-refractivity contribution in [3.05, 3.63) is 46.7 Å². The molecule has 2 N–H and O–H groups in total. The lowest BCUT2D eigenvalue weighted by Gasteiger charge is -2.39. The lowest BCUT2D eigenvalue weighted by Crippen LogP contribution is -3.16. The Morgan fingerprint density at radius 2 is 1.96 bits per heavy atom. The molecule has 2 aromatic rings. The number of nitrogens with zero attached hydrogens (tertiary/aromatic N) is 1. The van der Waals surface area contributed by atoms with E-state index in [0.29, 0.717) is 12.5 Å². The molecule has 0 radical (unpaired) electrons. The molecule has 0 unspecified atom stereocenters. The van der Waals surface area contributed by atoms with Gasteiger partial charge in [-0.05, 0) is 49.1 Å². The number of amides is 1. The molecule has 3 rings (SSSR count). The molecular weight excluding hydrogens is 370 g/mol. The molecule has 28 heavy (non-hydrogen) atoms. The maximum atomic E-state index is 12.2. The zero-order chi connectivity index (χ0) is 19.9. The Morgan fingerprint density at radius 3 is 2.54 bits per heavy atom. The summed E-state index contributed by atoms with van der Waals surface area (Å²) in [7, 11) is 1.70. The quantitative estimate of drug-likeness (QED) is 0.713. The molecule has 1 aromatic carbocycles. The Labute approximate surface area is 172 Å². The number of nitrogens with one attached hydrogen (secondary N) is 2. The molecule has 0 bridgehead atoms. The second-order valence-corrected chi connectivity index (χ2v) is 8.42. The number of rotatable bonds is 8. The van der Waals surface area contributed by atoms with Gasteiger partial charge in [0.15, 0.2) is 0 Å². The highest BCUT2D eigenvalue weighted by atomic mass is 32.1. The highest BCUT2D eigenvalue weighted by Crippen LogP contribution is 2.22. The van der Waals surface area contributed by atoms with Crippen LogP contribution in [0.15, 0.2) is 41.8 Å². The van der Waals surface area contributed by atoms with Crippen molar-refractivity contribution in [2.75, 3.05) is 38.2 Å². The molecule has 1 saturated heterocycles. The normalized spacial score (nSPS) is 17.2. The molecule has 0 saturated carbocycles. The minimum absolute atomic E-state index is 0.125. The standard InChI is InChI=1S/C22H31N3O2S/c1-4-6-21(26)23-17(2)22(20-7-5-16-28-20)25-14-12-24(13-15-25)18-8-10-19(27-3)11-9-18/h5,7-11,16-17,22H,4,6,12-15H2,1-3H3,(H,23,26)/p+1/t17-,22+/m1/s1. The van der Waals surface area contributed by atoms with Crippen LogP contribution in [0, 0.1) is 0 Å². The van der Waals surface area contributed by atoms with Gasteiger partial charge in [-0.2, -0.15) is 0 Å². The number of carbonyl (C=O) groups excluding carboxylic acids is 1. The van der Waals surface area contributed by atoms with Gasteiger partial charge in [0.05, 0.1) is 44.2 Å². The van der Waals surface area contributed by atoms with Crippen molar-refractivity contribution in [3.63, 3.8) is 0 Å². The van der Waals surface area contributed by atoms with Crippen molar-refractivity contribution >= 4 is 22.9 Å². The fourth-order valence-electron chi connectivity index (χ4n) is 4.06. The van der Waals surface area contributed by atoms with Crippen LogP contribution in [0.25, 0.3) is 0 Å². The van der Waals surface area contributed by atoms with E-state index >= 15 is 0 Å². The molecule has 2 atom stereocenters. The fraction of sp³-hybridized carbons (Fsp3) is 0.500. The summed E-state index contributed by atoms with van der Waals surface area (Å²) in [6, 6.07) is 13.1. The predicted molar refractivity (Wildman–Crippen MR) is 115 cm³/mol. The van der Waals surface area contributed by atoms with Crippen LogP contribution < -0.4 is 19.9 Å². The number of anilines is 1. The summed E-state index contributed by atoms with van der Waals surface area (Å²) in [5, 5.41) is 5.38. The maximum absolute atomic E-state index is 12.2. The number of hydrogen-bond acceptors (Lipinski definition) is 4. The summed E-state index contributed by atoms with van der Waals surface area (Å²) < 4.78 is 5.27. The van der Waals surface area contributed by atoms with Crippen LogP contribution in [-0.2, 0) is 4.79 Å². The molecule has 0 spiro atoms. The SMILES string of the molecule is CCCC(=O)N[C@H](C)[C@@H](c1cccs1)[NH+]1CCN(c2ccc(OC)cc2)CC1. The number of quaternary nitrogens is 1. The summed E-state index contributed by atoms with van der Waals surface area (Å²) >= 11 is 1.80. The topological polar surface area (TPSA) is 46.0 Å². The van der Waals surface area contributed by atoms with E-state index in [1.807, 2.05) is 19.1 Å². The molecule has 0 aliphatic carbocycles. The second-order valence-electron chi connectivity index (χ2n) is 7.44. The molecule has 152 valence electrons. The summed E-state index contributed by atoms with van der Waals surface area (Å²) in [6.45, 7) is 8.34. The largest absolute Gasteiger partial charge is 0.497 e. The van der Waals surface area contributed by atoms with Crippen LogP contribution in [0.2, 0.25) is 0 Å². The minimum atomic E-state index is 0.125. The van der Waals surface area contributed by atoms with Gasteiger partial charge in [0, 0.05) is 12.1 Å². The third-order valence-electron chi connectivity index (χ3n) is 5.50. The van der Waals surface area contributed by atoms with E-state index in [1.165, 1.54) is 10.6 Å². The van der Waals surface area contributed by atoms with Crippen molar-refractivity contribution < 1.29 is 14.4 Å². The van der Waals surface area contributed by atoms with E-state index in [-0.39, 0.29) is 11.9 Å². The predicted octanol–water partition coefficient (Wildman–Crippen LogP) is 2.51. The van der Waals surface area contributed by atoms with E-state index in [0.717, 1.165) is 38.3 Å². The average Bonchev–Trinajstić information content (AvgIpc) is 3.23. The maximum Gasteiger partial charge on any atom is 0.220 e. The second kappa shape index (κ2) is 9.94. The summed E-state index contributed by atoms with van der Waals surface area (Å²) in [6.07, 6.45) is 1.48. The molecule has 1 aliphatic rings. The van der Waals surface area contributed by atoms with Crippen LogP contribution >= 0.6 is 11.3 Å². The Bertz CT molecular complexity index is 725. The summed E-state index contributed by atoms with van der Waals surface area (Å²) in [5.41, 5.74) is 1.25. The third kappa shape index (κ3) is 5.06. The first-order valence-electron chi connectivity index (χ1n) is 10.2. The molecular formula is C22H32N3O2S+. The van der Waals surface area contributed by atoms with Crippen molar-refractivity contribution in [1.29, 1.82) is 0 Å². The average molecular weight is 403 g/mol. The van der Waals surface area contributed by atoms with Crippen LogP contribution in [0.5, 0.6) is 5.75 Å². The van der Waals surface area contributed by atoms with Gasteiger partial charge < -0.3 is 19.9 Å². The highest BCUT2D eigenvalue weighted by molar-refractivity contribution is 7.10. The molecule has 1 aromatic heterocycles. The van der Waals surface area contributed by atoms with Gasteiger partial charge in [0.1, 0.15) is 11.8 Å². The Balaban J connectivity index is 1.66. The molecule has 5 nitrogen and oxygen atoms in total. The van der Waals surface area contributed by atoms with Gasteiger partial charge >= 0.3 is 0 Å². The lowest BCUT2D eigenvalue weighted by molar-refractivity contribution is -0.933. The fourth-order valence-corrected chi connectivity index (χ4v) is 5.05. The van der Waals surface area contributed by atoms with Crippen LogP contribution in [-0.4, -0.2) is 45.2 Å². The zero-order valence-corrected chi connectivity index (χ0v) is 17.9. The molecule has 1 aliphatic heterocycles. The number of ether oxygens (including phenoxy) is 1. The van der Waals surface area contributed by atoms with Crippen LogP contribution in [0.1, 0.15) is 37.6 Å². The lowest BCUT2D eigenvalue weighted by atomic mass is 10.0. The number of methoxy groups -OCH3 is 1. The number of benzene rings is 1. The molecule has 1 fully saturated rings. The smallest absolute Gasteiger partial charge is 0.220 e. The number of thiophene rings is 1. The first kappa shape index (κ1) is 20.7. The van der Waals surface area contributed by atoms with Crippen molar-refractivity contribution in [2.45, 2.75) is 38.8 Å². The number of piperazine rings is 1. The third-order valence-corrected chi connectivity index (χ3v) is 6.45. The Hall–Kier alpha value is -2.05. The van der Waals surface area contributed by atoms with E-state index in [9.17, 15) is 4.79 Å². The monoisotopic (exact) mass is 402 g/mol. The van der Waals surface area contributed by atoms with E-state index in [1.54, 1.807) is 23.3 Å². The number of hydrogen-bond donors (Lipinski definition) is 2. The van der Waals surface area contributed by atoms with E-state index < -0.39 is 0 Å². The minimum Gasteiger partial charge on any atom is -0.497 e. The molecule has 2 heterocycles. The summed E-state index contributed by atoms with van der Waals surface area (Å²) in [5.74, 6) is 1.05.